The Labute approximate surface area is 167 Å². The molecule has 2 aromatic rings. The number of Topliss-reactive ketones (excluding diaryl/α,β-unsaturated/α-hetero) is 1. The van der Waals surface area contributed by atoms with Crippen LogP contribution in [-0.4, -0.2) is 42.9 Å². The standard InChI is InChI=1S/C24H29NO3/c1-20(26)19-23(27)28-18-8-15-25-16-13-24(14-17-25,21-9-4-2-5-10-21)22-11-6-3-7-12-22/h2-7,9-12H,8,13-19H2,1H3. The van der Waals surface area contributed by atoms with Crippen LogP contribution in [0.3, 0.4) is 0 Å². The monoisotopic (exact) mass is 379 g/mol. The summed E-state index contributed by atoms with van der Waals surface area (Å²) in [4.78, 5) is 24.8. The van der Waals surface area contributed by atoms with Gasteiger partial charge in [0.05, 0.1) is 6.61 Å². The van der Waals surface area contributed by atoms with Crippen LogP contribution in [0.25, 0.3) is 0 Å². The highest BCUT2D eigenvalue weighted by molar-refractivity contribution is 5.94. The van der Waals surface area contributed by atoms with Crippen molar-refractivity contribution in [2.75, 3.05) is 26.2 Å². The molecule has 0 unspecified atom stereocenters. The Morgan fingerprint density at radius 3 is 1.96 bits per heavy atom. The molecule has 0 atom stereocenters. The fraction of sp³-hybridized carbons (Fsp3) is 0.417. The van der Waals surface area contributed by atoms with Crippen LogP contribution in [0.15, 0.2) is 60.7 Å². The highest BCUT2D eigenvalue weighted by Gasteiger charge is 2.37. The number of piperidine rings is 1. The number of hydrogen-bond acceptors (Lipinski definition) is 4. The van der Waals surface area contributed by atoms with Gasteiger partial charge in [0.2, 0.25) is 0 Å². The number of hydrogen-bond donors (Lipinski definition) is 0. The molecule has 2 aromatic carbocycles. The van der Waals surface area contributed by atoms with E-state index < -0.39 is 5.97 Å². The lowest BCUT2D eigenvalue weighted by Gasteiger charge is -2.43. The van der Waals surface area contributed by atoms with E-state index in [1.54, 1.807) is 0 Å². The number of ketones is 1. The lowest BCUT2D eigenvalue weighted by Crippen LogP contribution is -2.43. The molecule has 4 heteroatoms. The first-order valence-electron chi connectivity index (χ1n) is 10.1. The molecule has 0 bridgehead atoms. The number of ether oxygens (including phenoxy) is 1. The Bertz CT molecular complexity index is 723. The molecular weight excluding hydrogens is 350 g/mol. The Hall–Kier alpha value is -2.46. The van der Waals surface area contributed by atoms with Crippen molar-refractivity contribution < 1.29 is 14.3 Å². The lowest BCUT2D eigenvalue weighted by molar-refractivity contribution is -0.145. The zero-order valence-corrected chi connectivity index (χ0v) is 16.6. The summed E-state index contributed by atoms with van der Waals surface area (Å²) in [6, 6.07) is 21.6. The van der Waals surface area contributed by atoms with E-state index in [4.69, 9.17) is 4.74 Å². The van der Waals surface area contributed by atoms with E-state index in [1.807, 2.05) is 0 Å². The minimum Gasteiger partial charge on any atom is -0.465 e. The van der Waals surface area contributed by atoms with Gasteiger partial charge >= 0.3 is 5.97 Å². The number of likely N-dealkylation sites (tertiary alicyclic amines) is 1. The van der Waals surface area contributed by atoms with Crippen molar-refractivity contribution in [2.45, 2.75) is 38.0 Å². The normalized spacial score (nSPS) is 16.5. The van der Waals surface area contributed by atoms with Crippen LogP contribution in [0, 0.1) is 0 Å². The van der Waals surface area contributed by atoms with Crippen molar-refractivity contribution in [3.05, 3.63) is 71.8 Å². The predicted octanol–water partition coefficient (Wildman–Crippen LogP) is 3.98. The van der Waals surface area contributed by atoms with Gasteiger partial charge in [-0.15, -0.1) is 0 Å². The smallest absolute Gasteiger partial charge is 0.313 e. The second kappa shape index (κ2) is 9.65. The molecule has 1 fully saturated rings. The molecule has 0 aliphatic carbocycles. The van der Waals surface area contributed by atoms with Crippen LogP contribution >= 0.6 is 0 Å². The predicted molar refractivity (Wildman–Crippen MR) is 110 cm³/mol. The average Bonchev–Trinajstić information content (AvgIpc) is 2.72. The van der Waals surface area contributed by atoms with Crippen molar-refractivity contribution in [3.63, 3.8) is 0 Å². The molecule has 4 nitrogen and oxygen atoms in total. The number of rotatable bonds is 8. The van der Waals surface area contributed by atoms with Gasteiger partial charge in [0, 0.05) is 12.0 Å². The molecule has 1 saturated heterocycles. The molecule has 3 rings (SSSR count). The molecule has 1 heterocycles. The average molecular weight is 380 g/mol. The molecule has 0 amide bonds. The fourth-order valence-electron chi connectivity index (χ4n) is 4.15. The van der Waals surface area contributed by atoms with Crippen molar-refractivity contribution in [3.8, 4) is 0 Å². The SMILES string of the molecule is CC(=O)CC(=O)OCCCN1CCC(c2ccccc2)(c2ccccc2)CC1. The fourth-order valence-corrected chi connectivity index (χ4v) is 4.15. The summed E-state index contributed by atoms with van der Waals surface area (Å²) < 4.78 is 5.14. The number of esters is 1. The molecule has 0 N–H and O–H groups in total. The highest BCUT2D eigenvalue weighted by atomic mass is 16.5. The Morgan fingerprint density at radius 1 is 0.929 bits per heavy atom. The maximum absolute atomic E-state index is 11.4. The van der Waals surface area contributed by atoms with E-state index in [0.29, 0.717) is 6.61 Å². The van der Waals surface area contributed by atoms with Gasteiger partial charge in [-0.2, -0.15) is 0 Å². The number of carbonyl (C=O) groups is 2. The van der Waals surface area contributed by atoms with Crippen LogP contribution in [0.4, 0.5) is 0 Å². The first kappa shape index (κ1) is 20.3. The van der Waals surface area contributed by atoms with E-state index in [-0.39, 0.29) is 17.6 Å². The summed E-state index contributed by atoms with van der Waals surface area (Å²) in [5, 5.41) is 0. The van der Waals surface area contributed by atoms with Crippen LogP contribution in [0.1, 0.15) is 43.7 Å². The third kappa shape index (κ3) is 5.08. The van der Waals surface area contributed by atoms with Crippen LogP contribution < -0.4 is 0 Å². The third-order valence-electron chi connectivity index (χ3n) is 5.64. The van der Waals surface area contributed by atoms with Gasteiger partial charge in [0.25, 0.3) is 0 Å². The van der Waals surface area contributed by atoms with Crippen LogP contribution in [-0.2, 0) is 19.7 Å². The number of benzene rings is 2. The van der Waals surface area contributed by atoms with E-state index in [1.165, 1.54) is 18.1 Å². The van der Waals surface area contributed by atoms with Crippen LogP contribution in [0.2, 0.25) is 0 Å². The van der Waals surface area contributed by atoms with Gasteiger partial charge in [0.1, 0.15) is 12.2 Å². The number of carbonyl (C=O) groups excluding carboxylic acids is 2. The largest absolute Gasteiger partial charge is 0.465 e. The summed E-state index contributed by atoms with van der Waals surface area (Å²) in [5.74, 6) is -0.572. The highest BCUT2D eigenvalue weighted by Crippen LogP contribution is 2.41. The summed E-state index contributed by atoms with van der Waals surface area (Å²) in [6.45, 7) is 4.73. The Balaban J connectivity index is 1.57. The minimum absolute atomic E-state index is 0.0625. The van der Waals surface area contributed by atoms with Crippen LogP contribution in [0.5, 0.6) is 0 Å². The molecule has 1 aliphatic heterocycles. The molecule has 0 aromatic heterocycles. The minimum atomic E-state index is -0.418. The summed E-state index contributed by atoms with van der Waals surface area (Å²) in [7, 11) is 0. The van der Waals surface area contributed by atoms with Gasteiger partial charge in [-0.05, 0) is 50.4 Å². The Morgan fingerprint density at radius 2 is 1.46 bits per heavy atom. The maximum Gasteiger partial charge on any atom is 0.313 e. The van der Waals surface area contributed by atoms with Gasteiger partial charge in [-0.3, -0.25) is 9.59 Å². The van der Waals surface area contributed by atoms with Crippen molar-refractivity contribution >= 4 is 11.8 Å². The van der Waals surface area contributed by atoms with Crippen molar-refractivity contribution in [1.29, 1.82) is 0 Å². The van der Waals surface area contributed by atoms with Crippen molar-refractivity contribution in [2.24, 2.45) is 0 Å². The van der Waals surface area contributed by atoms with Gasteiger partial charge < -0.3 is 9.64 Å². The maximum atomic E-state index is 11.4. The summed E-state index contributed by atoms with van der Waals surface area (Å²) >= 11 is 0. The number of nitrogens with zero attached hydrogens (tertiary/aromatic N) is 1. The first-order valence-corrected chi connectivity index (χ1v) is 10.1. The summed E-state index contributed by atoms with van der Waals surface area (Å²) in [5.41, 5.74) is 2.84. The van der Waals surface area contributed by atoms with Gasteiger partial charge in [-0.25, -0.2) is 0 Å². The molecule has 148 valence electrons. The van der Waals surface area contributed by atoms with E-state index in [0.717, 1.165) is 38.9 Å². The molecule has 28 heavy (non-hydrogen) atoms. The third-order valence-corrected chi connectivity index (χ3v) is 5.64. The second-order valence-electron chi connectivity index (χ2n) is 7.61. The zero-order chi connectivity index (χ0) is 19.8. The molecule has 1 aliphatic rings. The van der Waals surface area contributed by atoms with E-state index in [2.05, 4.69) is 65.6 Å². The first-order chi connectivity index (χ1) is 13.6. The molecule has 0 spiro atoms. The topological polar surface area (TPSA) is 46.6 Å². The molecular formula is C24H29NO3. The molecule has 0 radical (unpaired) electrons. The van der Waals surface area contributed by atoms with Gasteiger partial charge in [-0.1, -0.05) is 60.7 Å². The molecule has 0 saturated carbocycles. The van der Waals surface area contributed by atoms with Crippen molar-refractivity contribution in [1.82, 2.24) is 4.90 Å². The Kier molecular flexibility index (Phi) is 6.99. The van der Waals surface area contributed by atoms with Gasteiger partial charge in [0.15, 0.2) is 0 Å². The summed E-state index contributed by atoms with van der Waals surface area (Å²) in [6.07, 6.45) is 2.82. The quantitative estimate of drug-likeness (QED) is 0.395. The zero-order valence-electron chi connectivity index (χ0n) is 16.6. The lowest BCUT2D eigenvalue weighted by atomic mass is 9.68. The van der Waals surface area contributed by atoms with E-state index >= 15 is 0 Å². The second-order valence-corrected chi connectivity index (χ2v) is 7.61. The van der Waals surface area contributed by atoms with E-state index in [9.17, 15) is 9.59 Å².